The van der Waals surface area contributed by atoms with Crippen molar-refractivity contribution in [1.82, 2.24) is 0 Å². The van der Waals surface area contributed by atoms with E-state index in [9.17, 15) is 10.1 Å². The molecule has 0 aliphatic rings. The lowest BCUT2D eigenvalue weighted by Gasteiger charge is -2.00. The molecular weight excluding hydrogens is 289 g/mol. The molecule has 1 aromatic carbocycles. The van der Waals surface area contributed by atoms with Gasteiger partial charge >= 0.3 is 0 Å². The van der Waals surface area contributed by atoms with Crippen LogP contribution in [-0.2, 0) is 0 Å². The van der Waals surface area contributed by atoms with E-state index in [2.05, 4.69) is 12.6 Å². The zero-order valence-corrected chi connectivity index (χ0v) is 9.30. The summed E-state index contributed by atoms with van der Waals surface area (Å²) in [7, 11) is 0. The normalized spacial score (nSPS) is 9.92. The predicted octanol–water partition coefficient (Wildman–Crippen LogP) is 2.80. The van der Waals surface area contributed by atoms with Crippen molar-refractivity contribution in [3.8, 4) is 0 Å². The van der Waals surface area contributed by atoms with E-state index in [-0.39, 0.29) is 5.69 Å². The summed E-state index contributed by atoms with van der Waals surface area (Å²) in [5.41, 5.74) is 1.07. The molecule has 5 heteroatoms. The lowest BCUT2D eigenvalue weighted by Crippen LogP contribution is -1.93. The van der Waals surface area contributed by atoms with Crippen molar-refractivity contribution in [3.63, 3.8) is 0 Å². The summed E-state index contributed by atoms with van der Waals surface area (Å²) in [6, 6.07) is 3.45. The first-order chi connectivity index (χ1) is 5.52. The molecule has 0 N–H and O–H groups in total. The zero-order valence-electron chi connectivity index (χ0n) is 6.24. The number of halogens is 1. The van der Waals surface area contributed by atoms with Gasteiger partial charge in [0.1, 0.15) is 0 Å². The van der Waals surface area contributed by atoms with Gasteiger partial charge in [-0.25, -0.2) is 0 Å². The Morgan fingerprint density at radius 3 is 2.58 bits per heavy atom. The van der Waals surface area contributed by atoms with E-state index in [1.165, 1.54) is 0 Å². The summed E-state index contributed by atoms with van der Waals surface area (Å²) in [5, 5.41) is 10.5. The van der Waals surface area contributed by atoms with E-state index in [4.69, 9.17) is 0 Å². The molecule has 1 rings (SSSR count). The third-order valence-corrected chi connectivity index (χ3v) is 2.53. The first-order valence-corrected chi connectivity index (χ1v) is 4.68. The standard InChI is InChI=1S/C7H6INO2S/c1-4-2-5(8)7(9(10)11)6(12)3-4/h2-3,12H,1H3. The van der Waals surface area contributed by atoms with Crippen LogP contribution in [0.5, 0.6) is 0 Å². The Balaban J connectivity index is 3.38. The third-order valence-electron chi connectivity index (χ3n) is 1.37. The Morgan fingerprint density at radius 1 is 1.58 bits per heavy atom. The molecule has 0 saturated carbocycles. The highest BCUT2D eigenvalue weighted by Crippen LogP contribution is 2.29. The van der Waals surface area contributed by atoms with Crippen molar-refractivity contribution in [3.05, 3.63) is 31.4 Å². The van der Waals surface area contributed by atoms with Crippen LogP contribution in [0.25, 0.3) is 0 Å². The van der Waals surface area contributed by atoms with Gasteiger partial charge in [-0.3, -0.25) is 10.1 Å². The van der Waals surface area contributed by atoms with Crippen LogP contribution in [-0.4, -0.2) is 4.92 Å². The van der Waals surface area contributed by atoms with E-state index in [0.29, 0.717) is 8.47 Å². The summed E-state index contributed by atoms with van der Waals surface area (Å²) < 4.78 is 0.627. The van der Waals surface area contributed by atoms with Crippen molar-refractivity contribution in [1.29, 1.82) is 0 Å². The number of hydrogen-bond donors (Lipinski definition) is 1. The predicted molar refractivity (Wildman–Crippen MR) is 57.8 cm³/mol. The number of nitro groups is 1. The van der Waals surface area contributed by atoms with Gasteiger partial charge in [0, 0.05) is 0 Å². The zero-order chi connectivity index (χ0) is 9.30. The van der Waals surface area contributed by atoms with Gasteiger partial charge in [0.2, 0.25) is 0 Å². The van der Waals surface area contributed by atoms with Crippen molar-refractivity contribution in [2.45, 2.75) is 11.8 Å². The molecule has 0 atom stereocenters. The monoisotopic (exact) mass is 295 g/mol. The Morgan fingerprint density at radius 2 is 2.17 bits per heavy atom. The van der Waals surface area contributed by atoms with Gasteiger partial charge in [0.05, 0.1) is 13.4 Å². The number of thiol groups is 1. The molecular formula is C7H6INO2S. The van der Waals surface area contributed by atoms with Gasteiger partial charge in [-0.15, -0.1) is 12.6 Å². The lowest BCUT2D eigenvalue weighted by molar-refractivity contribution is -0.388. The van der Waals surface area contributed by atoms with Gasteiger partial charge in [-0.2, -0.15) is 0 Å². The van der Waals surface area contributed by atoms with E-state index < -0.39 is 4.92 Å². The molecule has 0 aromatic heterocycles. The Labute approximate surface area is 88.9 Å². The molecule has 0 saturated heterocycles. The molecule has 1 aromatic rings. The fourth-order valence-corrected chi connectivity index (χ4v) is 2.49. The Bertz CT molecular complexity index is 317. The minimum absolute atomic E-state index is 0.0875. The highest BCUT2D eigenvalue weighted by molar-refractivity contribution is 14.1. The Kier molecular flexibility index (Phi) is 2.94. The molecule has 0 spiro atoms. The molecule has 0 heterocycles. The maximum absolute atomic E-state index is 10.5. The number of rotatable bonds is 1. The van der Waals surface area contributed by atoms with Gasteiger partial charge in [0.25, 0.3) is 5.69 Å². The summed E-state index contributed by atoms with van der Waals surface area (Å²) in [6.45, 7) is 1.88. The van der Waals surface area contributed by atoms with Crippen molar-refractivity contribution < 1.29 is 4.92 Å². The van der Waals surface area contributed by atoms with E-state index in [0.717, 1.165) is 5.56 Å². The van der Waals surface area contributed by atoms with Crippen molar-refractivity contribution in [2.24, 2.45) is 0 Å². The van der Waals surface area contributed by atoms with E-state index in [1.54, 1.807) is 12.1 Å². The maximum Gasteiger partial charge on any atom is 0.295 e. The first-order valence-electron chi connectivity index (χ1n) is 3.16. The van der Waals surface area contributed by atoms with Crippen LogP contribution in [0.15, 0.2) is 17.0 Å². The van der Waals surface area contributed by atoms with Gasteiger partial charge in [-0.05, 0) is 47.2 Å². The molecule has 0 radical (unpaired) electrons. The minimum atomic E-state index is -0.413. The summed E-state index contributed by atoms with van der Waals surface area (Å²) >= 11 is 5.97. The van der Waals surface area contributed by atoms with Crippen molar-refractivity contribution >= 4 is 40.9 Å². The third kappa shape index (κ3) is 1.89. The second-order valence-corrected chi connectivity index (χ2v) is 4.02. The molecule has 3 nitrogen and oxygen atoms in total. The second-order valence-electron chi connectivity index (χ2n) is 2.37. The highest BCUT2D eigenvalue weighted by atomic mass is 127. The smallest absolute Gasteiger partial charge is 0.258 e. The minimum Gasteiger partial charge on any atom is -0.258 e. The number of nitrogens with zero attached hydrogens (tertiary/aromatic N) is 1. The second kappa shape index (κ2) is 3.61. The van der Waals surface area contributed by atoms with Crippen LogP contribution in [0, 0.1) is 20.6 Å². The summed E-state index contributed by atoms with van der Waals surface area (Å²) in [5.74, 6) is 0. The molecule has 0 amide bonds. The molecule has 0 aliphatic heterocycles. The molecule has 0 bridgehead atoms. The van der Waals surface area contributed by atoms with E-state index in [1.807, 2.05) is 29.5 Å². The SMILES string of the molecule is Cc1cc(S)c([N+](=O)[O-])c(I)c1. The number of nitro benzene ring substituents is 1. The first kappa shape index (κ1) is 9.79. The molecule has 0 fully saturated rings. The molecule has 0 aliphatic carbocycles. The summed E-state index contributed by atoms with van der Waals surface area (Å²) in [4.78, 5) is 10.5. The lowest BCUT2D eigenvalue weighted by atomic mass is 10.2. The fraction of sp³-hybridized carbons (Fsp3) is 0.143. The van der Waals surface area contributed by atoms with Gasteiger partial charge < -0.3 is 0 Å². The fourth-order valence-electron chi connectivity index (χ4n) is 0.897. The van der Waals surface area contributed by atoms with Gasteiger partial charge in [0.15, 0.2) is 0 Å². The van der Waals surface area contributed by atoms with Crippen molar-refractivity contribution in [2.75, 3.05) is 0 Å². The van der Waals surface area contributed by atoms with Gasteiger partial charge in [-0.1, -0.05) is 0 Å². The van der Waals surface area contributed by atoms with Crippen LogP contribution in [0.2, 0.25) is 0 Å². The molecule has 0 unspecified atom stereocenters. The molecule has 12 heavy (non-hydrogen) atoms. The Hall–Kier alpha value is -0.300. The average Bonchev–Trinajstić information content (AvgIpc) is 1.82. The summed E-state index contributed by atoms with van der Waals surface area (Å²) in [6.07, 6.45) is 0. The van der Waals surface area contributed by atoms with Crippen LogP contribution < -0.4 is 0 Å². The number of benzene rings is 1. The van der Waals surface area contributed by atoms with Crippen LogP contribution in [0.1, 0.15) is 5.56 Å². The number of aryl methyl sites for hydroxylation is 1. The van der Waals surface area contributed by atoms with Crippen LogP contribution in [0.3, 0.4) is 0 Å². The number of hydrogen-bond acceptors (Lipinski definition) is 3. The average molecular weight is 295 g/mol. The highest BCUT2D eigenvalue weighted by Gasteiger charge is 2.15. The molecule has 64 valence electrons. The topological polar surface area (TPSA) is 43.1 Å². The quantitative estimate of drug-likeness (QED) is 0.375. The largest absolute Gasteiger partial charge is 0.295 e. The maximum atomic E-state index is 10.5. The van der Waals surface area contributed by atoms with Crippen LogP contribution in [0.4, 0.5) is 5.69 Å². The van der Waals surface area contributed by atoms with E-state index >= 15 is 0 Å². The van der Waals surface area contributed by atoms with Crippen LogP contribution >= 0.6 is 35.2 Å².